The summed E-state index contributed by atoms with van der Waals surface area (Å²) in [6.07, 6.45) is 0. The van der Waals surface area contributed by atoms with E-state index in [1.54, 1.807) is 7.11 Å². The molecule has 0 aliphatic rings. The van der Waals surface area contributed by atoms with Gasteiger partial charge in [0.15, 0.2) is 5.84 Å². The number of methoxy groups -OCH3 is 1. The molecule has 1 aromatic carbocycles. The summed E-state index contributed by atoms with van der Waals surface area (Å²) in [5.41, 5.74) is 7.27. The molecule has 1 atom stereocenters. The minimum absolute atomic E-state index is 0.108. The molecule has 0 heterocycles. The minimum atomic E-state index is 0.108. The van der Waals surface area contributed by atoms with Gasteiger partial charge in [-0.05, 0) is 19.1 Å². The van der Waals surface area contributed by atoms with Crippen LogP contribution in [0.3, 0.4) is 0 Å². The van der Waals surface area contributed by atoms with Crippen LogP contribution in [0.4, 0.5) is 5.69 Å². The van der Waals surface area contributed by atoms with Crippen molar-refractivity contribution in [2.75, 3.05) is 25.7 Å². The largest absolute Gasteiger partial charge is 0.409 e. The molecule has 0 saturated carbocycles. The van der Waals surface area contributed by atoms with E-state index in [1.807, 2.05) is 43.1 Å². The Morgan fingerprint density at radius 1 is 1.53 bits per heavy atom. The van der Waals surface area contributed by atoms with Gasteiger partial charge in [-0.3, -0.25) is 0 Å². The summed E-state index contributed by atoms with van der Waals surface area (Å²) in [4.78, 5) is 2.04. The van der Waals surface area contributed by atoms with Crippen LogP contribution in [-0.2, 0) is 4.74 Å². The lowest BCUT2D eigenvalue weighted by molar-refractivity contribution is 0.183. The Morgan fingerprint density at radius 2 is 2.18 bits per heavy atom. The first-order chi connectivity index (χ1) is 8.11. The van der Waals surface area contributed by atoms with Crippen molar-refractivity contribution in [2.45, 2.75) is 13.0 Å². The second-order valence-electron chi connectivity index (χ2n) is 3.92. The molecule has 5 heteroatoms. The third-order valence-corrected chi connectivity index (χ3v) is 2.74. The van der Waals surface area contributed by atoms with Crippen LogP contribution in [0.25, 0.3) is 0 Å². The Labute approximate surface area is 101 Å². The van der Waals surface area contributed by atoms with Crippen molar-refractivity contribution in [3.05, 3.63) is 29.8 Å². The number of hydrogen-bond donors (Lipinski definition) is 2. The van der Waals surface area contributed by atoms with Crippen LogP contribution in [0, 0.1) is 0 Å². The van der Waals surface area contributed by atoms with Crippen molar-refractivity contribution in [2.24, 2.45) is 10.9 Å². The fourth-order valence-corrected chi connectivity index (χ4v) is 1.64. The van der Waals surface area contributed by atoms with Crippen molar-refractivity contribution in [1.82, 2.24) is 0 Å². The van der Waals surface area contributed by atoms with Gasteiger partial charge in [0.2, 0.25) is 0 Å². The standard InChI is InChI=1S/C12H19N3O2/c1-9(8-17-3)15(2)11-7-5-4-6-10(11)12(13)14-16/h4-7,9,16H,8H2,1-3H3,(H2,13,14). The molecule has 1 aromatic rings. The van der Waals surface area contributed by atoms with Gasteiger partial charge in [0.1, 0.15) is 0 Å². The van der Waals surface area contributed by atoms with E-state index < -0.39 is 0 Å². The maximum Gasteiger partial charge on any atom is 0.172 e. The number of oxime groups is 1. The number of anilines is 1. The summed E-state index contributed by atoms with van der Waals surface area (Å²) in [6.45, 7) is 2.66. The van der Waals surface area contributed by atoms with E-state index in [9.17, 15) is 0 Å². The normalized spacial score (nSPS) is 13.5. The molecule has 1 rings (SSSR count). The highest BCUT2D eigenvalue weighted by molar-refractivity contribution is 6.02. The highest BCUT2D eigenvalue weighted by atomic mass is 16.5. The Bertz CT molecular complexity index is 393. The maximum atomic E-state index is 8.76. The van der Waals surface area contributed by atoms with Crippen LogP contribution < -0.4 is 10.6 Å². The summed E-state index contributed by atoms with van der Waals surface area (Å²) in [6, 6.07) is 7.72. The molecule has 0 aliphatic heterocycles. The van der Waals surface area contributed by atoms with Crippen LogP contribution in [0.2, 0.25) is 0 Å². The maximum absolute atomic E-state index is 8.76. The molecule has 94 valence electrons. The molecule has 0 saturated heterocycles. The van der Waals surface area contributed by atoms with Crippen molar-refractivity contribution >= 4 is 11.5 Å². The molecule has 5 nitrogen and oxygen atoms in total. The zero-order valence-electron chi connectivity index (χ0n) is 10.4. The van der Waals surface area contributed by atoms with Crippen molar-refractivity contribution in [1.29, 1.82) is 0 Å². The predicted molar refractivity (Wildman–Crippen MR) is 68.7 cm³/mol. The van der Waals surface area contributed by atoms with Crippen molar-refractivity contribution in [3.63, 3.8) is 0 Å². The van der Waals surface area contributed by atoms with Crippen LogP contribution in [-0.4, -0.2) is 37.8 Å². The van der Waals surface area contributed by atoms with Gasteiger partial charge < -0.3 is 20.6 Å². The topological polar surface area (TPSA) is 71.1 Å². The zero-order valence-corrected chi connectivity index (χ0v) is 10.4. The van der Waals surface area contributed by atoms with E-state index in [2.05, 4.69) is 5.16 Å². The van der Waals surface area contributed by atoms with Crippen LogP contribution >= 0.6 is 0 Å². The number of para-hydroxylation sites is 1. The first-order valence-electron chi connectivity index (χ1n) is 5.40. The van der Waals surface area contributed by atoms with Crippen molar-refractivity contribution < 1.29 is 9.94 Å². The molecule has 0 aromatic heterocycles. The molecule has 17 heavy (non-hydrogen) atoms. The monoisotopic (exact) mass is 237 g/mol. The molecule has 3 N–H and O–H groups in total. The lowest BCUT2D eigenvalue weighted by atomic mass is 10.1. The van der Waals surface area contributed by atoms with Crippen LogP contribution in [0.5, 0.6) is 0 Å². The number of likely N-dealkylation sites (N-methyl/N-ethyl adjacent to an activating group) is 1. The molecule has 0 radical (unpaired) electrons. The van der Waals surface area contributed by atoms with Gasteiger partial charge in [0.05, 0.1) is 6.61 Å². The summed E-state index contributed by atoms with van der Waals surface area (Å²) < 4.78 is 5.12. The number of hydrogen-bond acceptors (Lipinski definition) is 4. The van der Waals surface area contributed by atoms with E-state index in [-0.39, 0.29) is 11.9 Å². The summed E-state index contributed by atoms with van der Waals surface area (Å²) in [5.74, 6) is 0.108. The minimum Gasteiger partial charge on any atom is -0.409 e. The first-order valence-corrected chi connectivity index (χ1v) is 5.40. The summed E-state index contributed by atoms with van der Waals surface area (Å²) >= 11 is 0. The van der Waals surface area contributed by atoms with Gasteiger partial charge in [-0.25, -0.2) is 0 Å². The highest BCUT2D eigenvalue weighted by Crippen LogP contribution is 2.20. The van der Waals surface area contributed by atoms with Gasteiger partial charge in [0.25, 0.3) is 0 Å². The quantitative estimate of drug-likeness (QED) is 0.350. The van der Waals surface area contributed by atoms with Gasteiger partial charge >= 0.3 is 0 Å². The fraction of sp³-hybridized carbons (Fsp3) is 0.417. The summed E-state index contributed by atoms with van der Waals surface area (Å²) in [7, 11) is 3.62. The number of rotatable bonds is 5. The number of amidine groups is 1. The van der Waals surface area contributed by atoms with E-state index in [4.69, 9.17) is 15.7 Å². The van der Waals surface area contributed by atoms with Crippen LogP contribution in [0.15, 0.2) is 29.4 Å². The Hall–Kier alpha value is -1.75. The lowest BCUT2D eigenvalue weighted by Gasteiger charge is -2.28. The van der Waals surface area contributed by atoms with E-state index in [1.165, 1.54) is 0 Å². The van der Waals surface area contributed by atoms with E-state index in [0.29, 0.717) is 12.2 Å². The molecular formula is C12H19N3O2. The number of nitrogens with two attached hydrogens (primary N) is 1. The third-order valence-electron chi connectivity index (χ3n) is 2.74. The van der Waals surface area contributed by atoms with Gasteiger partial charge in [-0.2, -0.15) is 0 Å². The summed E-state index contributed by atoms with van der Waals surface area (Å²) in [5, 5.41) is 11.8. The fourth-order valence-electron chi connectivity index (χ4n) is 1.64. The Morgan fingerprint density at radius 3 is 2.76 bits per heavy atom. The zero-order chi connectivity index (χ0) is 12.8. The average Bonchev–Trinajstić information content (AvgIpc) is 2.37. The van der Waals surface area contributed by atoms with Gasteiger partial charge in [-0.15, -0.1) is 0 Å². The lowest BCUT2D eigenvalue weighted by Crippen LogP contribution is -2.34. The predicted octanol–water partition coefficient (Wildman–Crippen LogP) is 1.25. The SMILES string of the molecule is COCC(C)N(C)c1ccccc1/C(N)=N/O. The molecular weight excluding hydrogens is 218 g/mol. The smallest absolute Gasteiger partial charge is 0.172 e. The van der Waals surface area contributed by atoms with Gasteiger partial charge in [-0.1, -0.05) is 17.3 Å². The number of nitrogens with zero attached hydrogens (tertiary/aromatic N) is 2. The average molecular weight is 237 g/mol. The van der Waals surface area contributed by atoms with E-state index >= 15 is 0 Å². The molecule has 0 aliphatic carbocycles. The van der Waals surface area contributed by atoms with Gasteiger partial charge in [0, 0.05) is 31.5 Å². The van der Waals surface area contributed by atoms with Crippen LogP contribution in [0.1, 0.15) is 12.5 Å². The molecule has 0 fully saturated rings. The Kier molecular flexibility index (Phi) is 4.78. The third kappa shape index (κ3) is 3.10. The Balaban J connectivity index is 3.04. The second kappa shape index (κ2) is 6.10. The van der Waals surface area contributed by atoms with E-state index in [0.717, 1.165) is 5.69 Å². The molecule has 1 unspecified atom stereocenters. The first kappa shape index (κ1) is 13.3. The number of benzene rings is 1. The molecule has 0 amide bonds. The number of ether oxygens (including phenoxy) is 1. The molecule has 0 bridgehead atoms. The highest BCUT2D eigenvalue weighted by Gasteiger charge is 2.14. The van der Waals surface area contributed by atoms with Crippen molar-refractivity contribution in [3.8, 4) is 0 Å². The molecule has 0 spiro atoms. The second-order valence-corrected chi connectivity index (χ2v) is 3.92.